The third-order valence-electron chi connectivity index (χ3n) is 0.408. The summed E-state index contributed by atoms with van der Waals surface area (Å²) in [7, 11) is 1.56. The number of aliphatic hydroxyl groups is 1. The van der Waals surface area contributed by atoms with E-state index in [1.54, 1.807) is 14.0 Å². The van der Waals surface area contributed by atoms with Gasteiger partial charge in [0.1, 0.15) is 0 Å². The van der Waals surface area contributed by atoms with Gasteiger partial charge in [-0.1, -0.05) is 0 Å². The number of hydrogen-bond acceptors (Lipinski definition) is 2. The summed E-state index contributed by atoms with van der Waals surface area (Å²) < 4.78 is 4.55. The lowest BCUT2D eigenvalue weighted by molar-refractivity contribution is 0.0765. The van der Waals surface area contributed by atoms with Crippen molar-refractivity contribution in [3.8, 4) is 0 Å². The molecule has 7 heavy (non-hydrogen) atoms. The Morgan fingerprint density at radius 3 is 2.14 bits per heavy atom. The second-order valence-corrected chi connectivity index (χ2v) is 1.30. The Morgan fingerprint density at radius 2 is 2.14 bits per heavy atom. The zero-order chi connectivity index (χ0) is 4.99. The first-order valence-corrected chi connectivity index (χ1v) is 1.94. The fourth-order valence-electron chi connectivity index (χ4n) is 0.241. The minimum atomic E-state index is -0.324. The fraction of sp³-hybridized carbons (Fsp3) is 1.00. The van der Waals surface area contributed by atoms with Crippen LogP contribution in [0.1, 0.15) is 6.92 Å². The van der Waals surface area contributed by atoms with E-state index in [2.05, 4.69) is 4.74 Å². The Balaban J connectivity index is 0. The SMILES string of the molecule is COCC(C)O.I. The van der Waals surface area contributed by atoms with Crippen LogP contribution in [0.2, 0.25) is 0 Å². The predicted octanol–water partition coefficient (Wildman–Crippen LogP) is 0.632. The second kappa shape index (κ2) is 6.65. The molecule has 3 heteroatoms. The summed E-state index contributed by atoms with van der Waals surface area (Å²) in [6, 6.07) is 0. The zero-order valence-corrected chi connectivity index (χ0v) is 6.88. The summed E-state index contributed by atoms with van der Waals surface area (Å²) >= 11 is 0. The highest BCUT2D eigenvalue weighted by Gasteiger charge is 1.87. The van der Waals surface area contributed by atoms with Crippen LogP contribution in [0.3, 0.4) is 0 Å². The molecule has 1 unspecified atom stereocenters. The molecule has 1 N–H and O–H groups in total. The minimum Gasteiger partial charge on any atom is -0.391 e. The van der Waals surface area contributed by atoms with Crippen LogP contribution in [0, 0.1) is 0 Å². The van der Waals surface area contributed by atoms with Crippen LogP contribution < -0.4 is 0 Å². The molecule has 0 amide bonds. The molecule has 2 nitrogen and oxygen atoms in total. The third kappa shape index (κ3) is 10.8. The number of ether oxygens (including phenoxy) is 1. The van der Waals surface area contributed by atoms with Crippen molar-refractivity contribution < 1.29 is 9.84 Å². The number of hydrogen-bond donors (Lipinski definition) is 1. The average Bonchev–Trinajstić information content (AvgIpc) is 1.35. The summed E-state index contributed by atoms with van der Waals surface area (Å²) in [5.41, 5.74) is 0. The zero-order valence-electron chi connectivity index (χ0n) is 4.55. The molecule has 0 aliphatic carbocycles. The van der Waals surface area contributed by atoms with Crippen LogP contribution in [0.5, 0.6) is 0 Å². The molecule has 0 saturated heterocycles. The number of methoxy groups -OCH3 is 1. The maximum absolute atomic E-state index is 8.43. The lowest BCUT2D eigenvalue weighted by Crippen LogP contribution is -2.07. The van der Waals surface area contributed by atoms with Gasteiger partial charge in [0.25, 0.3) is 0 Å². The van der Waals surface area contributed by atoms with Gasteiger partial charge in [-0.3, -0.25) is 0 Å². The normalized spacial score (nSPS) is 12.4. The molecular weight excluding hydrogens is 207 g/mol. The van der Waals surface area contributed by atoms with E-state index in [1.807, 2.05) is 0 Å². The Hall–Kier alpha value is 0.650. The molecule has 0 rings (SSSR count). The van der Waals surface area contributed by atoms with E-state index in [1.165, 1.54) is 0 Å². The van der Waals surface area contributed by atoms with Crippen LogP contribution in [-0.4, -0.2) is 24.9 Å². The molecule has 0 aromatic carbocycles. The predicted molar refractivity (Wildman–Crippen MR) is 39.0 cm³/mol. The quantitative estimate of drug-likeness (QED) is 0.689. The lowest BCUT2D eigenvalue weighted by Gasteiger charge is -1.97. The Kier molecular flexibility index (Phi) is 10.1. The molecule has 0 heterocycles. The smallest absolute Gasteiger partial charge is 0.0745 e. The molecular formula is C4H11IO2. The van der Waals surface area contributed by atoms with Gasteiger partial charge in [-0.2, -0.15) is 0 Å². The molecule has 46 valence electrons. The van der Waals surface area contributed by atoms with Crippen LogP contribution in [0.15, 0.2) is 0 Å². The summed E-state index contributed by atoms with van der Waals surface area (Å²) in [6.45, 7) is 2.11. The van der Waals surface area contributed by atoms with Gasteiger partial charge in [0, 0.05) is 7.11 Å². The molecule has 0 saturated carbocycles. The van der Waals surface area contributed by atoms with E-state index < -0.39 is 0 Å². The minimum absolute atomic E-state index is 0. The summed E-state index contributed by atoms with van der Waals surface area (Å²) in [6.07, 6.45) is -0.324. The molecule has 0 fully saturated rings. The van der Waals surface area contributed by atoms with E-state index >= 15 is 0 Å². The van der Waals surface area contributed by atoms with Gasteiger partial charge in [0.2, 0.25) is 0 Å². The van der Waals surface area contributed by atoms with E-state index in [0.717, 1.165) is 0 Å². The van der Waals surface area contributed by atoms with Gasteiger partial charge in [-0.05, 0) is 6.92 Å². The molecule has 0 bridgehead atoms. The van der Waals surface area contributed by atoms with Crippen molar-refractivity contribution >= 4 is 24.0 Å². The largest absolute Gasteiger partial charge is 0.391 e. The number of aliphatic hydroxyl groups excluding tert-OH is 1. The highest BCUT2D eigenvalue weighted by atomic mass is 127. The second-order valence-electron chi connectivity index (χ2n) is 1.30. The van der Waals surface area contributed by atoms with Crippen LogP contribution in [0.4, 0.5) is 0 Å². The topological polar surface area (TPSA) is 29.5 Å². The van der Waals surface area contributed by atoms with E-state index in [0.29, 0.717) is 6.61 Å². The molecule has 0 aromatic heterocycles. The molecule has 0 aliphatic rings. The lowest BCUT2D eigenvalue weighted by atomic mass is 10.5. The first kappa shape index (κ1) is 10.6. The highest BCUT2D eigenvalue weighted by Crippen LogP contribution is 1.75. The van der Waals surface area contributed by atoms with Crippen LogP contribution >= 0.6 is 24.0 Å². The first-order chi connectivity index (χ1) is 2.77. The van der Waals surface area contributed by atoms with Gasteiger partial charge in [0.05, 0.1) is 12.7 Å². The molecule has 0 radical (unpaired) electrons. The summed E-state index contributed by atoms with van der Waals surface area (Å²) in [5, 5.41) is 8.43. The van der Waals surface area contributed by atoms with E-state index in [-0.39, 0.29) is 30.1 Å². The van der Waals surface area contributed by atoms with Crippen molar-refractivity contribution in [3.63, 3.8) is 0 Å². The Bertz CT molecular complexity index is 30.9. The van der Waals surface area contributed by atoms with Gasteiger partial charge in [0.15, 0.2) is 0 Å². The van der Waals surface area contributed by atoms with Gasteiger partial charge >= 0.3 is 0 Å². The Labute approximate surface area is 60.9 Å². The first-order valence-electron chi connectivity index (χ1n) is 1.94. The van der Waals surface area contributed by atoms with Crippen molar-refractivity contribution in [1.82, 2.24) is 0 Å². The van der Waals surface area contributed by atoms with Crippen LogP contribution in [-0.2, 0) is 4.74 Å². The standard InChI is InChI=1S/C4H10O2.HI/c1-4(5)3-6-2;/h4-5H,3H2,1-2H3;1H. The summed E-state index contributed by atoms with van der Waals surface area (Å²) in [5.74, 6) is 0. The maximum Gasteiger partial charge on any atom is 0.0745 e. The molecule has 0 spiro atoms. The number of rotatable bonds is 2. The van der Waals surface area contributed by atoms with Crippen molar-refractivity contribution in [2.45, 2.75) is 13.0 Å². The van der Waals surface area contributed by atoms with Crippen molar-refractivity contribution in [3.05, 3.63) is 0 Å². The average molecular weight is 218 g/mol. The monoisotopic (exact) mass is 218 g/mol. The Morgan fingerprint density at radius 1 is 1.71 bits per heavy atom. The maximum atomic E-state index is 8.43. The molecule has 0 aliphatic heterocycles. The molecule has 1 atom stereocenters. The number of halogens is 1. The van der Waals surface area contributed by atoms with E-state index in [4.69, 9.17) is 5.11 Å². The van der Waals surface area contributed by atoms with Crippen LogP contribution in [0.25, 0.3) is 0 Å². The summed E-state index contributed by atoms with van der Waals surface area (Å²) in [4.78, 5) is 0. The van der Waals surface area contributed by atoms with Gasteiger partial charge < -0.3 is 9.84 Å². The van der Waals surface area contributed by atoms with Gasteiger partial charge in [-0.15, -0.1) is 24.0 Å². The van der Waals surface area contributed by atoms with Crippen molar-refractivity contribution in [2.75, 3.05) is 13.7 Å². The highest BCUT2D eigenvalue weighted by molar-refractivity contribution is 14.0. The fourth-order valence-corrected chi connectivity index (χ4v) is 0.241. The van der Waals surface area contributed by atoms with Gasteiger partial charge in [-0.25, -0.2) is 0 Å². The van der Waals surface area contributed by atoms with Crippen molar-refractivity contribution in [2.24, 2.45) is 0 Å². The third-order valence-corrected chi connectivity index (χ3v) is 0.408. The van der Waals surface area contributed by atoms with Crippen molar-refractivity contribution in [1.29, 1.82) is 0 Å². The molecule has 0 aromatic rings. The van der Waals surface area contributed by atoms with E-state index in [9.17, 15) is 0 Å².